The lowest BCUT2D eigenvalue weighted by Gasteiger charge is -2.19. The summed E-state index contributed by atoms with van der Waals surface area (Å²) < 4.78 is 38.3. The van der Waals surface area contributed by atoms with Gasteiger partial charge in [0, 0.05) is 18.5 Å². The van der Waals surface area contributed by atoms with Gasteiger partial charge in [0.15, 0.2) is 0 Å². The molecule has 1 saturated heterocycles. The van der Waals surface area contributed by atoms with E-state index >= 15 is 0 Å². The Bertz CT molecular complexity index is 932. The zero-order chi connectivity index (χ0) is 20.9. The van der Waals surface area contributed by atoms with Gasteiger partial charge in [0.25, 0.3) is 0 Å². The van der Waals surface area contributed by atoms with Crippen LogP contribution in [-0.4, -0.2) is 30.0 Å². The average Bonchev–Trinajstić information content (AvgIpc) is 3.62. The highest BCUT2D eigenvalue weighted by Crippen LogP contribution is 2.53. The molecule has 5 rings (SSSR count). The summed E-state index contributed by atoms with van der Waals surface area (Å²) >= 11 is 0. The minimum absolute atomic E-state index is 0.00200. The van der Waals surface area contributed by atoms with E-state index in [1.54, 1.807) is 0 Å². The zero-order valence-electron chi connectivity index (χ0n) is 16.6. The van der Waals surface area contributed by atoms with Gasteiger partial charge in [0.2, 0.25) is 5.91 Å². The van der Waals surface area contributed by atoms with Gasteiger partial charge < -0.3 is 10.2 Å². The van der Waals surface area contributed by atoms with Gasteiger partial charge in [0.05, 0.1) is 24.3 Å². The van der Waals surface area contributed by atoms with Crippen molar-refractivity contribution in [2.45, 2.75) is 50.2 Å². The molecule has 2 aromatic rings. The number of nitrogens with one attached hydrogen (secondary N) is 1. The molecule has 2 saturated carbocycles. The van der Waals surface area contributed by atoms with Gasteiger partial charge in [-0.2, -0.15) is 13.2 Å². The lowest BCUT2D eigenvalue weighted by Crippen LogP contribution is -2.42. The van der Waals surface area contributed by atoms with Crippen molar-refractivity contribution in [2.75, 3.05) is 18.0 Å². The van der Waals surface area contributed by atoms with Crippen LogP contribution in [0.4, 0.5) is 18.9 Å². The van der Waals surface area contributed by atoms with E-state index in [0.717, 1.165) is 31.0 Å². The number of pyridine rings is 1. The maximum atomic E-state index is 12.8. The summed E-state index contributed by atoms with van der Waals surface area (Å²) in [5.74, 6) is 0.699. The molecular weight excluding hydrogens is 391 g/mol. The number of halogens is 3. The number of carbonyl (C=O) groups is 1. The van der Waals surface area contributed by atoms with Crippen molar-refractivity contribution < 1.29 is 18.0 Å². The molecule has 1 aromatic heterocycles. The van der Waals surface area contributed by atoms with Gasteiger partial charge >= 0.3 is 6.18 Å². The molecule has 0 bridgehead atoms. The van der Waals surface area contributed by atoms with Gasteiger partial charge in [-0.25, -0.2) is 4.98 Å². The summed E-state index contributed by atoms with van der Waals surface area (Å²) in [7, 11) is 0. The second kappa shape index (κ2) is 7.00. The molecule has 3 aliphatic rings. The Labute approximate surface area is 173 Å². The topological polar surface area (TPSA) is 45.2 Å². The standard InChI is InChI=1S/C23H24F3N3O/c24-23(25,26)19-8-7-18(12-27-19)29-13-20(22(14-29)9-10-22)28-21(30)11-15-1-3-16(4-2-15)17-5-6-17/h1-4,7-8,12,17,20H,5-6,9-11,13-14H2,(H,28,30). The molecule has 1 amide bonds. The van der Waals surface area contributed by atoms with Gasteiger partial charge in [0.1, 0.15) is 5.69 Å². The third-order valence-corrected chi connectivity index (χ3v) is 6.67. The molecule has 30 heavy (non-hydrogen) atoms. The number of aromatic nitrogens is 1. The Balaban J connectivity index is 1.21. The predicted octanol–water partition coefficient (Wildman–Crippen LogP) is 4.31. The van der Waals surface area contributed by atoms with Crippen LogP contribution < -0.4 is 10.2 Å². The first-order chi connectivity index (χ1) is 14.3. The molecule has 2 aliphatic carbocycles. The molecule has 1 spiro atoms. The molecule has 1 aromatic carbocycles. The minimum Gasteiger partial charge on any atom is -0.368 e. The number of nitrogens with zero attached hydrogens (tertiary/aromatic N) is 2. The molecule has 158 valence electrons. The fraction of sp³-hybridized carbons (Fsp3) is 0.478. The molecule has 1 atom stereocenters. The molecule has 1 aliphatic heterocycles. The first-order valence-corrected chi connectivity index (χ1v) is 10.5. The van der Waals surface area contributed by atoms with Gasteiger partial charge in [-0.05, 0) is 54.9 Å². The second-order valence-electron chi connectivity index (χ2n) is 8.96. The number of carbonyl (C=O) groups excluding carboxylic acids is 1. The summed E-state index contributed by atoms with van der Waals surface area (Å²) in [6, 6.07) is 10.8. The van der Waals surface area contributed by atoms with Gasteiger partial charge in [-0.1, -0.05) is 24.3 Å². The van der Waals surface area contributed by atoms with Crippen molar-refractivity contribution in [1.29, 1.82) is 0 Å². The number of hydrogen-bond donors (Lipinski definition) is 1. The van der Waals surface area contributed by atoms with E-state index in [1.165, 1.54) is 30.7 Å². The van der Waals surface area contributed by atoms with E-state index in [2.05, 4.69) is 22.4 Å². The fourth-order valence-electron chi connectivity index (χ4n) is 4.53. The van der Waals surface area contributed by atoms with Crippen molar-refractivity contribution in [3.63, 3.8) is 0 Å². The first kappa shape index (κ1) is 19.4. The van der Waals surface area contributed by atoms with Crippen LogP contribution >= 0.6 is 0 Å². The number of rotatable bonds is 5. The van der Waals surface area contributed by atoms with E-state index in [9.17, 15) is 18.0 Å². The van der Waals surface area contributed by atoms with Crippen LogP contribution in [0.1, 0.15) is 48.4 Å². The van der Waals surface area contributed by atoms with Crippen molar-refractivity contribution in [3.8, 4) is 0 Å². The number of anilines is 1. The molecule has 1 unspecified atom stereocenters. The summed E-state index contributed by atoms with van der Waals surface area (Å²) in [5, 5.41) is 3.18. The SMILES string of the molecule is O=C(Cc1ccc(C2CC2)cc1)NC1CN(c2ccc(C(F)(F)F)nc2)CC12CC2. The average molecular weight is 415 g/mol. The van der Waals surface area contributed by atoms with Crippen LogP contribution in [0.3, 0.4) is 0 Å². The van der Waals surface area contributed by atoms with E-state index in [4.69, 9.17) is 0 Å². The number of amides is 1. The zero-order valence-corrected chi connectivity index (χ0v) is 16.6. The van der Waals surface area contributed by atoms with Crippen LogP contribution in [-0.2, 0) is 17.4 Å². The second-order valence-corrected chi connectivity index (χ2v) is 8.96. The lowest BCUT2D eigenvalue weighted by atomic mass is 10.00. The van der Waals surface area contributed by atoms with Crippen molar-refractivity contribution in [1.82, 2.24) is 10.3 Å². The fourth-order valence-corrected chi connectivity index (χ4v) is 4.53. The van der Waals surface area contributed by atoms with Crippen LogP contribution in [0.2, 0.25) is 0 Å². The van der Waals surface area contributed by atoms with Crippen LogP contribution in [0.5, 0.6) is 0 Å². The Morgan fingerprint density at radius 2 is 1.87 bits per heavy atom. The number of benzene rings is 1. The van der Waals surface area contributed by atoms with E-state index in [0.29, 0.717) is 24.6 Å². The van der Waals surface area contributed by atoms with E-state index in [1.807, 2.05) is 17.0 Å². The Kier molecular flexibility index (Phi) is 4.52. The Morgan fingerprint density at radius 1 is 1.13 bits per heavy atom. The van der Waals surface area contributed by atoms with E-state index < -0.39 is 11.9 Å². The quantitative estimate of drug-likeness (QED) is 0.792. The maximum Gasteiger partial charge on any atom is 0.433 e. The smallest absolute Gasteiger partial charge is 0.368 e. The third kappa shape index (κ3) is 3.89. The number of alkyl halides is 3. The normalized spacial score (nSPS) is 22.4. The van der Waals surface area contributed by atoms with Crippen molar-refractivity contribution in [2.24, 2.45) is 5.41 Å². The Morgan fingerprint density at radius 3 is 2.43 bits per heavy atom. The molecule has 0 radical (unpaired) electrons. The van der Waals surface area contributed by atoms with Crippen LogP contribution in [0.25, 0.3) is 0 Å². The molecule has 3 fully saturated rings. The van der Waals surface area contributed by atoms with Crippen molar-refractivity contribution >= 4 is 11.6 Å². The highest BCUT2D eigenvalue weighted by atomic mass is 19.4. The molecule has 2 heterocycles. The third-order valence-electron chi connectivity index (χ3n) is 6.67. The summed E-state index contributed by atoms with van der Waals surface area (Å²) in [6.45, 7) is 1.33. The van der Waals surface area contributed by atoms with Crippen molar-refractivity contribution in [3.05, 3.63) is 59.4 Å². The molecule has 1 N–H and O–H groups in total. The highest BCUT2D eigenvalue weighted by molar-refractivity contribution is 5.79. The largest absolute Gasteiger partial charge is 0.433 e. The first-order valence-electron chi connectivity index (χ1n) is 10.5. The minimum atomic E-state index is -4.44. The molecular formula is C23H24F3N3O. The highest BCUT2D eigenvalue weighted by Gasteiger charge is 2.55. The summed E-state index contributed by atoms with van der Waals surface area (Å²) in [4.78, 5) is 18.3. The molecule has 7 heteroatoms. The summed E-state index contributed by atoms with van der Waals surface area (Å²) in [5.41, 5.74) is 2.18. The molecule has 4 nitrogen and oxygen atoms in total. The number of hydrogen-bond acceptors (Lipinski definition) is 3. The Hall–Kier alpha value is -2.57. The lowest BCUT2D eigenvalue weighted by molar-refractivity contribution is -0.141. The van der Waals surface area contributed by atoms with Gasteiger partial charge in [-0.15, -0.1) is 0 Å². The van der Waals surface area contributed by atoms with Crippen LogP contribution in [0, 0.1) is 5.41 Å². The van der Waals surface area contributed by atoms with E-state index in [-0.39, 0.29) is 17.4 Å². The predicted molar refractivity (Wildman–Crippen MR) is 107 cm³/mol. The van der Waals surface area contributed by atoms with Gasteiger partial charge in [-0.3, -0.25) is 4.79 Å². The summed E-state index contributed by atoms with van der Waals surface area (Å²) in [6.07, 6.45) is 1.76. The maximum absolute atomic E-state index is 12.8. The van der Waals surface area contributed by atoms with Crippen LogP contribution in [0.15, 0.2) is 42.6 Å². The monoisotopic (exact) mass is 415 g/mol.